The Balaban J connectivity index is 2.72. The van der Waals surface area contributed by atoms with Crippen LogP contribution in [0.4, 0.5) is 0 Å². The molecule has 0 aliphatic rings. The predicted molar refractivity (Wildman–Crippen MR) is 70.1 cm³/mol. The lowest BCUT2D eigenvalue weighted by atomic mass is 9.93. The first-order chi connectivity index (χ1) is 7.58. The summed E-state index contributed by atoms with van der Waals surface area (Å²) in [6.07, 6.45) is 2.52. The Labute approximate surface area is 107 Å². The molecule has 0 saturated heterocycles. The summed E-state index contributed by atoms with van der Waals surface area (Å²) in [6, 6.07) is 5.31. The van der Waals surface area contributed by atoms with Gasteiger partial charge in [0.05, 0.1) is 16.1 Å². The number of benzene rings is 1. The molecule has 0 saturated carbocycles. The third-order valence-electron chi connectivity index (χ3n) is 3.04. The highest BCUT2D eigenvalue weighted by Crippen LogP contribution is 2.29. The maximum absolute atomic E-state index is 10.1. The van der Waals surface area contributed by atoms with Crippen molar-refractivity contribution in [3.8, 4) is 0 Å². The predicted octanol–water partition coefficient (Wildman–Crippen LogP) is 4.85. The van der Waals surface area contributed by atoms with Gasteiger partial charge in [0, 0.05) is 0 Å². The van der Waals surface area contributed by atoms with Crippen molar-refractivity contribution in [3.05, 3.63) is 33.8 Å². The van der Waals surface area contributed by atoms with Gasteiger partial charge in [-0.05, 0) is 30.0 Å². The molecule has 0 aliphatic carbocycles. The molecule has 0 radical (unpaired) electrons. The number of rotatable bonds is 5. The molecule has 0 aliphatic heterocycles. The second kappa shape index (κ2) is 6.48. The number of hydrogen-bond donors (Lipinski definition) is 1. The lowest BCUT2D eigenvalue weighted by Crippen LogP contribution is -2.06. The molecule has 1 unspecified atom stereocenters. The van der Waals surface area contributed by atoms with E-state index in [0.717, 1.165) is 24.8 Å². The molecule has 3 heteroatoms. The van der Waals surface area contributed by atoms with Gasteiger partial charge in [0.15, 0.2) is 0 Å². The van der Waals surface area contributed by atoms with E-state index in [4.69, 9.17) is 23.2 Å². The van der Waals surface area contributed by atoms with E-state index < -0.39 is 6.10 Å². The summed E-state index contributed by atoms with van der Waals surface area (Å²) in [5.41, 5.74) is 0.848. The number of hydrogen-bond acceptors (Lipinski definition) is 1. The van der Waals surface area contributed by atoms with Gasteiger partial charge in [-0.1, -0.05) is 56.0 Å². The van der Waals surface area contributed by atoms with Crippen LogP contribution >= 0.6 is 23.2 Å². The van der Waals surface area contributed by atoms with Gasteiger partial charge in [-0.15, -0.1) is 0 Å². The van der Waals surface area contributed by atoms with Crippen molar-refractivity contribution in [3.63, 3.8) is 0 Å². The summed E-state index contributed by atoms with van der Waals surface area (Å²) in [5.74, 6) is 0.560. The van der Waals surface area contributed by atoms with Crippen molar-refractivity contribution < 1.29 is 5.11 Å². The summed E-state index contributed by atoms with van der Waals surface area (Å²) < 4.78 is 0. The van der Waals surface area contributed by atoms with Crippen LogP contribution in [0, 0.1) is 5.92 Å². The molecule has 0 bridgehead atoms. The van der Waals surface area contributed by atoms with Crippen LogP contribution in [0.25, 0.3) is 0 Å². The molecule has 1 aromatic rings. The van der Waals surface area contributed by atoms with Crippen LogP contribution in [0.1, 0.15) is 44.8 Å². The lowest BCUT2D eigenvalue weighted by molar-refractivity contribution is 0.141. The lowest BCUT2D eigenvalue weighted by Gasteiger charge is -2.18. The number of aliphatic hydroxyl groups excluding tert-OH is 1. The highest BCUT2D eigenvalue weighted by molar-refractivity contribution is 6.42. The minimum absolute atomic E-state index is 0.445. The topological polar surface area (TPSA) is 20.2 Å². The zero-order valence-electron chi connectivity index (χ0n) is 9.71. The van der Waals surface area contributed by atoms with Crippen LogP contribution in [-0.4, -0.2) is 5.11 Å². The van der Waals surface area contributed by atoms with Gasteiger partial charge in [0.1, 0.15) is 0 Å². The number of aliphatic hydroxyl groups is 1. The van der Waals surface area contributed by atoms with Crippen molar-refractivity contribution in [2.24, 2.45) is 5.92 Å². The maximum Gasteiger partial charge on any atom is 0.0793 e. The highest BCUT2D eigenvalue weighted by atomic mass is 35.5. The zero-order valence-corrected chi connectivity index (χ0v) is 11.2. The van der Waals surface area contributed by atoms with E-state index in [1.54, 1.807) is 12.1 Å². The Kier molecular flexibility index (Phi) is 5.60. The molecule has 90 valence electrons. The molecule has 1 N–H and O–H groups in total. The summed E-state index contributed by atoms with van der Waals surface area (Å²) >= 11 is 11.8. The van der Waals surface area contributed by atoms with Crippen molar-refractivity contribution in [1.29, 1.82) is 0 Å². The van der Waals surface area contributed by atoms with Crippen LogP contribution in [-0.2, 0) is 0 Å². The minimum atomic E-state index is -0.445. The molecule has 0 amide bonds. The molecular formula is C13H18Cl2O. The van der Waals surface area contributed by atoms with Crippen LogP contribution in [0.3, 0.4) is 0 Å². The van der Waals surface area contributed by atoms with Gasteiger partial charge in [-0.3, -0.25) is 0 Å². The Bertz CT molecular complexity index is 335. The third-order valence-corrected chi connectivity index (χ3v) is 3.78. The summed E-state index contributed by atoms with van der Waals surface area (Å²) in [4.78, 5) is 0. The fraction of sp³-hybridized carbons (Fsp3) is 0.538. The van der Waals surface area contributed by atoms with Crippen LogP contribution in [0.2, 0.25) is 10.0 Å². The second-order valence-electron chi connectivity index (χ2n) is 4.11. The summed E-state index contributed by atoms with van der Waals surface area (Å²) in [7, 11) is 0. The Morgan fingerprint density at radius 2 is 1.75 bits per heavy atom. The van der Waals surface area contributed by atoms with E-state index >= 15 is 0 Å². The first-order valence-corrected chi connectivity index (χ1v) is 6.47. The van der Waals surface area contributed by atoms with Gasteiger partial charge in [0.2, 0.25) is 0 Å². The Hall–Kier alpha value is -0.240. The van der Waals surface area contributed by atoms with E-state index in [9.17, 15) is 5.11 Å². The molecular weight excluding hydrogens is 243 g/mol. The standard InChI is InChI=1S/C13H18Cl2O/c1-3-9(4-2)7-13(16)10-5-6-11(14)12(15)8-10/h5-6,8-9,13,16H,3-4,7H2,1-2H3. The first kappa shape index (κ1) is 13.8. The second-order valence-corrected chi connectivity index (χ2v) is 4.92. The quantitative estimate of drug-likeness (QED) is 0.803. The maximum atomic E-state index is 10.1. The van der Waals surface area contributed by atoms with Crippen molar-refractivity contribution >= 4 is 23.2 Å². The molecule has 1 nitrogen and oxygen atoms in total. The van der Waals surface area contributed by atoms with Crippen molar-refractivity contribution in [2.75, 3.05) is 0 Å². The molecule has 0 fully saturated rings. The number of halogens is 2. The molecule has 0 heterocycles. The fourth-order valence-corrected chi connectivity index (χ4v) is 2.10. The summed E-state index contributed by atoms with van der Waals surface area (Å²) in [6.45, 7) is 4.30. The Morgan fingerprint density at radius 1 is 1.12 bits per heavy atom. The first-order valence-electron chi connectivity index (χ1n) is 5.71. The van der Waals surface area contributed by atoms with Gasteiger partial charge < -0.3 is 5.11 Å². The van der Waals surface area contributed by atoms with Gasteiger partial charge in [0.25, 0.3) is 0 Å². The van der Waals surface area contributed by atoms with E-state index in [1.807, 2.05) is 6.07 Å². The molecule has 0 spiro atoms. The Morgan fingerprint density at radius 3 is 2.25 bits per heavy atom. The SMILES string of the molecule is CCC(CC)CC(O)c1ccc(Cl)c(Cl)c1. The van der Waals surface area contributed by atoms with Crippen LogP contribution < -0.4 is 0 Å². The third kappa shape index (κ3) is 3.65. The van der Waals surface area contributed by atoms with Crippen LogP contribution in [0.15, 0.2) is 18.2 Å². The van der Waals surface area contributed by atoms with Gasteiger partial charge in [-0.25, -0.2) is 0 Å². The van der Waals surface area contributed by atoms with Crippen LogP contribution in [0.5, 0.6) is 0 Å². The van der Waals surface area contributed by atoms with E-state index in [1.165, 1.54) is 0 Å². The largest absolute Gasteiger partial charge is 0.388 e. The molecule has 1 rings (SSSR count). The molecule has 16 heavy (non-hydrogen) atoms. The minimum Gasteiger partial charge on any atom is -0.388 e. The molecule has 1 atom stereocenters. The normalized spacial score (nSPS) is 13.1. The van der Waals surface area contributed by atoms with E-state index in [-0.39, 0.29) is 0 Å². The smallest absolute Gasteiger partial charge is 0.0793 e. The zero-order chi connectivity index (χ0) is 12.1. The fourth-order valence-electron chi connectivity index (χ4n) is 1.79. The highest BCUT2D eigenvalue weighted by Gasteiger charge is 2.14. The summed E-state index contributed by atoms with van der Waals surface area (Å²) in [5, 5.41) is 11.1. The average molecular weight is 261 g/mol. The molecule has 1 aromatic carbocycles. The molecule has 0 aromatic heterocycles. The van der Waals surface area contributed by atoms with Gasteiger partial charge in [-0.2, -0.15) is 0 Å². The monoisotopic (exact) mass is 260 g/mol. The van der Waals surface area contributed by atoms with E-state index in [0.29, 0.717) is 16.0 Å². The average Bonchev–Trinajstić information content (AvgIpc) is 2.29. The van der Waals surface area contributed by atoms with E-state index in [2.05, 4.69) is 13.8 Å². The van der Waals surface area contributed by atoms with Crippen molar-refractivity contribution in [1.82, 2.24) is 0 Å². The van der Waals surface area contributed by atoms with Crippen molar-refractivity contribution in [2.45, 2.75) is 39.2 Å². The van der Waals surface area contributed by atoms with Gasteiger partial charge >= 0.3 is 0 Å².